The number of nitrogens with zero attached hydrogens (tertiary/aromatic N) is 2. The van der Waals surface area contributed by atoms with Gasteiger partial charge in [-0.25, -0.2) is 4.39 Å². The van der Waals surface area contributed by atoms with E-state index >= 15 is 0 Å². The van der Waals surface area contributed by atoms with Crippen molar-refractivity contribution in [2.24, 2.45) is 5.41 Å². The molecular formula is C15H19FN2O2. The predicted molar refractivity (Wildman–Crippen MR) is 73.7 cm³/mol. The number of amides is 1. The summed E-state index contributed by atoms with van der Waals surface area (Å²) in [4.78, 5) is 13.7. The third-order valence-electron chi connectivity index (χ3n) is 3.08. The van der Waals surface area contributed by atoms with Crippen molar-refractivity contribution < 1.29 is 13.9 Å². The summed E-state index contributed by atoms with van der Waals surface area (Å²) in [5.41, 5.74) is -0.885. The molecule has 0 fully saturated rings. The molecule has 0 aromatic heterocycles. The van der Waals surface area contributed by atoms with Gasteiger partial charge in [0.05, 0.1) is 5.41 Å². The van der Waals surface area contributed by atoms with E-state index in [9.17, 15) is 9.18 Å². The van der Waals surface area contributed by atoms with E-state index in [0.717, 1.165) is 0 Å². The van der Waals surface area contributed by atoms with Crippen LogP contribution in [0.5, 0.6) is 5.75 Å². The Morgan fingerprint density at radius 1 is 1.50 bits per heavy atom. The summed E-state index contributed by atoms with van der Waals surface area (Å²) in [7, 11) is 1.72. The van der Waals surface area contributed by atoms with Gasteiger partial charge in [0, 0.05) is 13.6 Å². The molecule has 0 unspecified atom stereocenters. The fourth-order valence-corrected chi connectivity index (χ4v) is 1.71. The summed E-state index contributed by atoms with van der Waals surface area (Å²) in [5, 5.41) is 8.92. The van der Waals surface area contributed by atoms with Gasteiger partial charge in [-0.2, -0.15) is 5.26 Å². The quantitative estimate of drug-likeness (QED) is 0.831. The third kappa shape index (κ3) is 3.47. The molecule has 0 N–H and O–H groups in total. The Bertz CT molecular complexity index is 535. The van der Waals surface area contributed by atoms with Crippen LogP contribution in [-0.4, -0.2) is 31.0 Å². The highest BCUT2D eigenvalue weighted by Crippen LogP contribution is 2.24. The first-order valence-corrected chi connectivity index (χ1v) is 6.40. The molecule has 0 heterocycles. The second-order valence-electron chi connectivity index (χ2n) is 5.22. The van der Waals surface area contributed by atoms with Gasteiger partial charge >= 0.3 is 0 Å². The number of hydrogen-bond acceptors (Lipinski definition) is 3. The van der Waals surface area contributed by atoms with E-state index in [0.29, 0.717) is 6.54 Å². The van der Waals surface area contributed by atoms with E-state index in [4.69, 9.17) is 10.00 Å². The number of rotatable bonds is 5. The van der Waals surface area contributed by atoms with Crippen LogP contribution >= 0.6 is 0 Å². The fraction of sp³-hybridized carbons (Fsp3) is 0.467. The van der Waals surface area contributed by atoms with Crippen LogP contribution in [0.4, 0.5) is 4.39 Å². The van der Waals surface area contributed by atoms with Crippen LogP contribution in [-0.2, 0) is 4.79 Å². The van der Waals surface area contributed by atoms with Crippen LogP contribution in [0.3, 0.4) is 0 Å². The van der Waals surface area contributed by atoms with Gasteiger partial charge in [-0.05, 0) is 32.9 Å². The summed E-state index contributed by atoms with van der Waals surface area (Å²) in [6.07, 6.45) is 0. The molecule has 108 valence electrons. The normalized spacial score (nSPS) is 10.8. The lowest BCUT2D eigenvalue weighted by molar-refractivity contribution is -0.140. The van der Waals surface area contributed by atoms with Gasteiger partial charge < -0.3 is 9.64 Å². The molecule has 1 amide bonds. The van der Waals surface area contributed by atoms with Gasteiger partial charge in [-0.1, -0.05) is 6.07 Å². The van der Waals surface area contributed by atoms with E-state index in [1.807, 2.05) is 6.92 Å². The van der Waals surface area contributed by atoms with Crippen molar-refractivity contribution in [1.29, 1.82) is 5.26 Å². The van der Waals surface area contributed by atoms with E-state index in [-0.39, 0.29) is 23.8 Å². The van der Waals surface area contributed by atoms with Crippen molar-refractivity contribution in [3.63, 3.8) is 0 Å². The Kier molecular flexibility index (Phi) is 5.09. The van der Waals surface area contributed by atoms with Crippen LogP contribution in [0, 0.1) is 22.6 Å². The number of carbonyl (C=O) groups excluding carboxylic acids is 1. The predicted octanol–water partition coefficient (Wildman–Crippen LogP) is 2.58. The second kappa shape index (κ2) is 6.38. The van der Waals surface area contributed by atoms with Crippen molar-refractivity contribution in [1.82, 2.24) is 4.90 Å². The molecular weight excluding hydrogens is 259 g/mol. The Morgan fingerprint density at radius 2 is 2.15 bits per heavy atom. The average molecular weight is 278 g/mol. The summed E-state index contributed by atoms with van der Waals surface area (Å²) in [6, 6.07) is 5.96. The Balaban J connectivity index is 2.84. The Hall–Kier alpha value is -2.09. The zero-order valence-corrected chi connectivity index (χ0v) is 12.2. The summed E-state index contributed by atoms with van der Waals surface area (Å²) >= 11 is 0. The van der Waals surface area contributed by atoms with Crippen molar-refractivity contribution in [2.45, 2.75) is 20.8 Å². The molecule has 0 saturated carbocycles. The molecule has 0 atom stereocenters. The van der Waals surface area contributed by atoms with Gasteiger partial charge in [0.15, 0.2) is 0 Å². The number of ether oxygens (including phenoxy) is 1. The zero-order chi connectivity index (χ0) is 15.3. The van der Waals surface area contributed by atoms with Gasteiger partial charge in [-0.15, -0.1) is 0 Å². The van der Waals surface area contributed by atoms with E-state index in [2.05, 4.69) is 0 Å². The highest BCUT2D eigenvalue weighted by Gasteiger charge is 2.31. The lowest BCUT2D eigenvalue weighted by Gasteiger charge is -2.28. The Labute approximate surface area is 118 Å². The van der Waals surface area contributed by atoms with Gasteiger partial charge in [0.1, 0.15) is 29.8 Å². The number of nitriles is 1. The van der Waals surface area contributed by atoms with Crippen molar-refractivity contribution in [3.05, 3.63) is 29.6 Å². The molecule has 5 heteroatoms. The van der Waals surface area contributed by atoms with Crippen molar-refractivity contribution in [2.75, 3.05) is 20.2 Å². The van der Waals surface area contributed by atoms with Crippen LogP contribution in [0.15, 0.2) is 18.2 Å². The van der Waals surface area contributed by atoms with E-state index < -0.39 is 11.2 Å². The summed E-state index contributed by atoms with van der Waals surface area (Å²) in [6.45, 7) is 6.08. The van der Waals surface area contributed by atoms with Crippen molar-refractivity contribution >= 4 is 5.91 Å². The smallest absolute Gasteiger partial charge is 0.231 e. The number of halogens is 1. The monoisotopic (exact) mass is 278 g/mol. The topological polar surface area (TPSA) is 53.3 Å². The van der Waals surface area contributed by atoms with Crippen LogP contribution in [0.25, 0.3) is 0 Å². The number of benzene rings is 1. The molecule has 0 spiro atoms. The molecule has 1 aromatic rings. The molecule has 1 aromatic carbocycles. The largest absolute Gasteiger partial charge is 0.491 e. The average Bonchev–Trinajstić information content (AvgIpc) is 2.43. The summed E-state index contributed by atoms with van der Waals surface area (Å²) in [5.74, 6) is -0.526. The minimum absolute atomic E-state index is 0.0603. The maximum absolute atomic E-state index is 13.4. The minimum atomic E-state index is -0.746. The molecule has 0 radical (unpaired) electrons. The van der Waals surface area contributed by atoms with Gasteiger partial charge in [-0.3, -0.25) is 4.79 Å². The molecule has 4 nitrogen and oxygen atoms in total. The van der Waals surface area contributed by atoms with Crippen molar-refractivity contribution in [3.8, 4) is 11.8 Å². The Morgan fingerprint density at radius 3 is 2.70 bits per heavy atom. The molecule has 0 aliphatic heterocycles. The third-order valence-corrected chi connectivity index (χ3v) is 3.08. The molecule has 0 bridgehead atoms. The molecule has 0 aliphatic rings. The highest BCUT2D eigenvalue weighted by molar-refractivity contribution is 5.81. The highest BCUT2D eigenvalue weighted by atomic mass is 19.1. The van der Waals surface area contributed by atoms with E-state index in [1.54, 1.807) is 31.9 Å². The molecule has 0 saturated heterocycles. The lowest BCUT2D eigenvalue weighted by atomic mass is 9.93. The van der Waals surface area contributed by atoms with Gasteiger partial charge in [0.2, 0.25) is 5.91 Å². The molecule has 20 heavy (non-hydrogen) atoms. The molecule has 0 aliphatic carbocycles. The fourth-order valence-electron chi connectivity index (χ4n) is 1.71. The number of hydrogen-bond donors (Lipinski definition) is 0. The summed E-state index contributed by atoms with van der Waals surface area (Å²) < 4.78 is 18.9. The van der Waals surface area contributed by atoms with Crippen LogP contribution in [0.2, 0.25) is 0 Å². The number of carbonyl (C=O) groups is 1. The maximum atomic E-state index is 13.4. The van der Waals surface area contributed by atoms with E-state index in [1.165, 1.54) is 18.2 Å². The molecule has 1 rings (SSSR count). The van der Waals surface area contributed by atoms with Gasteiger partial charge in [0.25, 0.3) is 0 Å². The van der Waals surface area contributed by atoms with Crippen LogP contribution < -0.4 is 4.74 Å². The SMILES string of the molecule is CCN(C)C(=O)C(C)(C)COc1cccc(F)c1C#N. The second-order valence-corrected chi connectivity index (χ2v) is 5.22. The van der Waals surface area contributed by atoms with Crippen LogP contribution in [0.1, 0.15) is 26.3 Å². The lowest BCUT2D eigenvalue weighted by Crippen LogP contribution is -2.41. The minimum Gasteiger partial charge on any atom is -0.491 e. The zero-order valence-electron chi connectivity index (χ0n) is 12.2. The first-order valence-electron chi connectivity index (χ1n) is 6.40. The first-order chi connectivity index (χ1) is 9.33. The maximum Gasteiger partial charge on any atom is 0.231 e. The first kappa shape index (κ1) is 16.0. The standard InChI is InChI=1S/C15H19FN2O2/c1-5-18(4)14(19)15(2,3)10-20-13-8-6-7-12(16)11(13)9-17/h6-8H,5,10H2,1-4H3.